The van der Waals surface area contributed by atoms with Gasteiger partial charge in [-0.3, -0.25) is 0 Å². The van der Waals surface area contributed by atoms with Gasteiger partial charge in [0.15, 0.2) is 0 Å². The van der Waals surface area contributed by atoms with E-state index < -0.39 is 9.84 Å². The van der Waals surface area contributed by atoms with Crippen molar-refractivity contribution in [1.29, 1.82) is 0 Å². The molecule has 8 heteroatoms. The molecule has 166 valence electrons. The van der Waals surface area contributed by atoms with Gasteiger partial charge in [0, 0.05) is 37.4 Å². The first-order valence-electron chi connectivity index (χ1n) is 10.5. The second-order valence-electron chi connectivity index (χ2n) is 9.04. The lowest BCUT2D eigenvalue weighted by Gasteiger charge is -2.26. The molecule has 0 spiro atoms. The number of hydrogen-bond donors (Lipinski definition) is 0. The zero-order valence-electron chi connectivity index (χ0n) is 18.5. The van der Waals surface area contributed by atoms with Gasteiger partial charge in [0.05, 0.1) is 27.9 Å². The van der Waals surface area contributed by atoms with Crippen molar-refractivity contribution in [3.63, 3.8) is 0 Å². The lowest BCUT2D eigenvalue weighted by molar-refractivity contribution is 0.0611. The van der Waals surface area contributed by atoms with Crippen molar-refractivity contribution in [2.45, 2.75) is 55.4 Å². The number of aromatic nitrogens is 3. The molecular formula is C23H29N3O4S. The number of pyridine rings is 1. The Morgan fingerprint density at radius 2 is 1.84 bits per heavy atom. The molecule has 4 rings (SSSR count). The number of rotatable bonds is 5. The first-order valence-corrected chi connectivity index (χ1v) is 12.0. The van der Waals surface area contributed by atoms with Crippen LogP contribution >= 0.6 is 0 Å². The normalized spacial score (nSPS) is 16.0. The molecule has 7 nitrogen and oxygen atoms in total. The van der Waals surface area contributed by atoms with Gasteiger partial charge in [0.25, 0.3) is 0 Å². The molecular weight excluding hydrogens is 414 g/mol. The largest absolute Gasteiger partial charge is 0.481 e. The Morgan fingerprint density at radius 1 is 1.13 bits per heavy atom. The van der Waals surface area contributed by atoms with Crippen LogP contribution in [0.25, 0.3) is 11.0 Å². The molecule has 0 bridgehead atoms. The Labute approximate surface area is 183 Å². The highest BCUT2D eigenvalue weighted by atomic mass is 32.2. The van der Waals surface area contributed by atoms with Crippen molar-refractivity contribution in [2.75, 3.05) is 20.3 Å². The van der Waals surface area contributed by atoms with E-state index in [0.717, 1.165) is 43.9 Å². The maximum absolute atomic E-state index is 13.2. The number of fused-ring (bicyclic) bond motifs is 1. The van der Waals surface area contributed by atoms with Crippen molar-refractivity contribution in [2.24, 2.45) is 5.92 Å². The van der Waals surface area contributed by atoms with Gasteiger partial charge >= 0.3 is 0 Å². The minimum Gasteiger partial charge on any atom is -0.481 e. The Hall–Kier alpha value is -2.45. The quantitative estimate of drug-likeness (QED) is 0.593. The van der Waals surface area contributed by atoms with Crippen LogP contribution < -0.4 is 4.74 Å². The molecule has 31 heavy (non-hydrogen) atoms. The lowest BCUT2D eigenvalue weighted by Crippen LogP contribution is -2.25. The Kier molecular flexibility index (Phi) is 5.79. The summed E-state index contributed by atoms with van der Waals surface area (Å²) in [4.78, 5) is 9.25. The molecule has 1 aromatic carbocycles. The highest BCUT2D eigenvalue weighted by molar-refractivity contribution is 7.91. The van der Waals surface area contributed by atoms with Gasteiger partial charge in [-0.1, -0.05) is 20.8 Å². The molecule has 1 fully saturated rings. The molecule has 1 saturated heterocycles. The Balaban J connectivity index is 1.76. The summed E-state index contributed by atoms with van der Waals surface area (Å²) in [7, 11) is -2.21. The predicted octanol–water partition coefficient (Wildman–Crippen LogP) is 4.00. The molecule has 3 aromatic rings. The number of methoxy groups -OCH3 is 1. The fourth-order valence-corrected chi connectivity index (χ4v) is 5.23. The summed E-state index contributed by atoms with van der Waals surface area (Å²) in [5, 5.41) is 0. The van der Waals surface area contributed by atoms with Crippen molar-refractivity contribution in [3.8, 4) is 5.88 Å². The van der Waals surface area contributed by atoms with Crippen LogP contribution in [0.2, 0.25) is 0 Å². The molecule has 0 atom stereocenters. The van der Waals surface area contributed by atoms with Crippen LogP contribution in [-0.4, -0.2) is 43.3 Å². The summed E-state index contributed by atoms with van der Waals surface area (Å²) in [6.07, 6.45) is 3.38. The van der Waals surface area contributed by atoms with Crippen molar-refractivity contribution >= 4 is 20.9 Å². The summed E-state index contributed by atoms with van der Waals surface area (Å²) in [5.41, 5.74) is 1.49. The van der Waals surface area contributed by atoms with Gasteiger partial charge in [-0.2, -0.15) is 0 Å². The van der Waals surface area contributed by atoms with Gasteiger partial charge in [-0.05, 0) is 43.0 Å². The average molecular weight is 444 g/mol. The summed E-state index contributed by atoms with van der Waals surface area (Å²) in [6.45, 7) is 8.85. The third-order valence-corrected chi connectivity index (χ3v) is 7.45. The fourth-order valence-electron chi connectivity index (χ4n) is 4.00. The highest BCUT2D eigenvalue weighted by Gasteiger charge is 2.27. The topological polar surface area (TPSA) is 83.3 Å². The van der Waals surface area contributed by atoms with Crippen molar-refractivity contribution in [3.05, 3.63) is 42.4 Å². The minimum absolute atomic E-state index is 0.130. The first kappa shape index (κ1) is 21.8. The number of sulfone groups is 1. The monoisotopic (exact) mass is 443 g/mol. The summed E-state index contributed by atoms with van der Waals surface area (Å²) in [5.74, 6) is 1.87. The smallest absolute Gasteiger partial charge is 0.212 e. The number of ether oxygens (including phenoxy) is 2. The van der Waals surface area contributed by atoms with E-state index in [-0.39, 0.29) is 15.2 Å². The van der Waals surface area contributed by atoms with Gasteiger partial charge in [0.1, 0.15) is 5.82 Å². The third-order valence-electron chi connectivity index (χ3n) is 5.71. The number of nitrogens with zero attached hydrogens (tertiary/aromatic N) is 3. The van der Waals surface area contributed by atoms with Gasteiger partial charge in [-0.15, -0.1) is 0 Å². The first-order chi connectivity index (χ1) is 14.7. The van der Waals surface area contributed by atoms with E-state index in [4.69, 9.17) is 14.5 Å². The lowest BCUT2D eigenvalue weighted by atomic mass is 9.94. The average Bonchev–Trinajstić information content (AvgIpc) is 3.13. The van der Waals surface area contributed by atoms with Crippen molar-refractivity contribution < 1.29 is 17.9 Å². The highest BCUT2D eigenvalue weighted by Crippen LogP contribution is 2.31. The SMILES string of the molecule is COc1ccc(S(=O)(=O)c2ccc3c(c2)nc(C(C)(C)C)n3CC2CCOCC2)cn1. The Morgan fingerprint density at radius 3 is 2.45 bits per heavy atom. The zero-order valence-corrected chi connectivity index (χ0v) is 19.3. The van der Waals surface area contributed by atoms with E-state index in [1.54, 1.807) is 18.2 Å². The van der Waals surface area contributed by atoms with E-state index >= 15 is 0 Å². The molecule has 0 N–H and O–H groups in total. The molecule has 3 heterocycles. The number of hydrogen-bond acceptors (Lipinski definition) is 6. The van der Waals surface area contributed by atoms with Crippen LogP contribution in [0.4, 0.5) is 0 Å². The van der Waals surface area contributed by atoms with Crippen LogP contribution in [0, 0.1) is 5.92 Å². The van der Waals surface area contributed by atoms with E-state index in [0.29, 0.717) is 17.3 Å². The van der Waals surface area contributed by atoms with E-state index in [1.165, 1.54) is 19.4 Å². The standard InChI is InChI=1S/C23H29N3O4S/c1-23(2,3)22-25-19-13-17(31(27,28)18-6-8-21(29-4)24-14-18)5-7-20(19)26(22)15-16-9-11-30-12-10-16/h5-8,13-14,16H,9-12,15H2,1-4H3. The summed E-state index contributed by atoms with van der Waals surface area (Å²) in [6, 6.07) is 8.27. The zero-order chi connectivity index (χ0) is 22.2. The fraction of sp³-hybridized carbons (Fsp3) is 0.478. The maximum atomic E-state index is 13.2. The summed E-state index contributed by atoms with van der Waals surface area (Å²) < 4.78 is 39.1. The summed E-state index contributed by atoms with van der Waals surface area (Å²) >= 11 is 0. The predicted molar refractivity (Wildman–Crippen MR) is 118 cm³/mol. The molecule has 1 aliphatic rings. The second-order valence-corrected chi connectivity index (χ2v) is 11.0. The molecule has 0 unspecified atom stereocenters. The minimum atomic E-state index is -3.71. The molecule has 0 radical (unpaired) electrons. The van der Waals surface area contributed by atoms with Gasteiger partial charge in [0.2, 0.25) is 15.7 Å². The third kappa shape index (κ3) is 4.32. The van der Waals surface area contributed by atoms with Crippen LogP contribution in [-0.2, 0) is 26.5 Å². The van der Waals surface area contributed by atoms with Crippen LogP contribution in [0.5, 0.6) is 5.88 Å². The molecule has 0 saturated carbocycles. The van der Waals surface area contributed by atoms with Crippen LogP contribution in [0.3, 0.4) is 0 Å². The van der Waals surface area contributed by atoms with E-state index in [9.17, 15) is 8.42 Å². The molecule has 1 aliphatic heterocycles. The Bertz CT molecular complexity index is 1170. The number of benzene rings is 1. The van der Waals surface area contributed by atoms with E-state index in [2.05, 4.69) is 30.3 Å². The van der Waals surface area contributed by atoms with Crippen molar-refractivity contribution in [1.82, 2.24) is 14.5 Å². The van der Waals surface area contributed by atoms with Gasteiger partial charge in [-0.25, -0.2) is 18.4 Å². The van der Waals surface area contributed by atoms with E-state index in [1.807, 2.05) is 6.07 Å². The van der Waals surface area contributed by atoms with Crippen LogP contribution in [0.15, 0.2) is 46.3 Å². The second kappa shape index (κ2) is 8.24. The number of imidazole rings is 1. The van der Waals surface area contributed by atoms with Crippen LogP contribution in [0.1, 0.15) is 39.4 Å². The molecule has 0 amide bonds. The maximum Gasteiger partial charge on any atom is 0.212 e. The molecule has 2 aromatic heterocycles. The van der Waals surface area contributed by atoms with Gasteiger partial charge < -0.3 is 14.0 Å². The molecule has 0 aliphatic carbocycles.